The van der Waals surface area contributed by atoms with Crippen molar-refractivity contribution < 1.29 is 13.2 Å². The molecule has 0 radical (unpaired) electrons. The molecule has 0 amide bonds. The van der Waals surface area contributed by atoms with E-state index in [0.29, 0.717) is 0 Å². The van der Waals surface area contributed by atoms with E-state index in [2.05, 4.69) is 19.1 Å². The van der Waals surface area contributed by atoms with Crippen LogP contribution in [0, 0.1) is 0 Å². The van der Waals surface area contributed by atoms with Gasteiger partial charge in [-0.2, -0.15) is 13.2 Å². The van der Waals surface area contributed by atoms with Gasteiger partial charge in [-0.15, -0.1) is 0 Å². The monoisotopic (exact) mass is 376 g/mol. The molecule has 0 heterocycles. The summed E-state index contributed by atoms with van der Waals surface area (Å²) in [5.74, 6) is 0. The molecule has 27 heavy (non-hydrogen) atoms. The van der Waals surface area contributed by atoms with Crippen LogP contribution in [-0.2, 0) is 12.6 Å². The Hall–Kier alpha value is -1.77. The van der Waals surface area contributed by atoms with E-state index in [-0.39, 0.29) is 0 Å². The zero-order valence-electron chi connectivity index (χ0n) is 16.3. The third kappa shape index (κ3) is 7.78. The molecule has 3 heteroatoms. The topological polar surface area (TPSA) is 0 Å². The molecule has 0 N–H and O–H groups in total. The summed E-state index contributed by atoms with van der Waals surface area (Å²) >= 11 is 0. The first-order valence-corrected chi connectivity index (χ1v) is 10.3. The molecule has 0 spiro atoms. The summed E-state index contributed by atoms with van der Waals surface area (Å²) in [5.41, 5.74) is 2.47. The second-order valence-electron chi connectivity index (χ2n) is 7.35. The molecule has 0 aliphatic rings. The summed E-state index contributed by atoms with van der Waals surface area (Å²) in [6.07, 6.45) is 8.71. The summed E-state index contributed by atoms with van der Waals surface area (Å²) in [6, 6.07) is 13.6. The van der Waals surface area contributed by atoms with Crippen LogP contribution in [0.15, 0.2) is 48.5 Å². The number of halogens is 3. The van der Waals surface area contributed by atoms with E-state index in [0.717, 1.165) is 29.7 Å². The Bertz CT molecular complexity index is 639. The Morgan fingerprint density at radius 1 is 0.593 bits per heavy atom. The van der Waals surface area contributed by atoms with Crippen LogP contribution in [0.3, 0.4) is 0 Å². The van der Waals surface area contributed by atoms with Crippen LogP contribution < -0.4 is 0 Å². The summed E-state index contributed by atoms with van der Waals surface area (Å²) in [7, 11) is 0. The van der Waals surface area contributed by atoms with Gasteiger partial charge in [-0.05, 0) is 41.7 Å². The zero-order chi connectivity index (χ0) is 19.5. The van der Waals surface area contributed by atoms with Gasteiger partial charge in [0.2, 0.25) is 0 Å². The van der Waals surface area contributed by atoms with Gasteiger partial charge in [0.1, 0.15) is 0 Å². The number of hydrogen-bond donors (Lipinski definition) is 0. The molecule has 0 saturated carbocycles. The van der Waals surface area contributed by atoms with Crippen LogP contribution in [0.25, 0.3) is 11.1 Å². The maximum atomic E-state index is 12.6. The molecular formula is C24H31F3. The summed E-state index contributed by atoms with van der Waals surface area (Å²) < 4.78 is 37.9. The van der Waals surface area contributed by atoms with Crippen LogP contribution >= 0.6 is 0 Å². The number of rotatable bonds is 11. The molecule has 0 fully saturated rings. The van der Waals surface area contributed by atoms with Crippen LogP contribution in [0.5, 0.6) is 0 Å². The van der Waals surface area contributed by atoms with Crippen molar-refractivity contribution in [1.82, 2.24) is 0 Å². The molecule has 0 bridgehead atoms. The van der Waals surface area contributed by atoms with Crippen molar-refractivity contribution in [2.75, 3.05) is 0 Å². The fraction of sp³-hybridized carbons (Fsp3) is 0.500. The smallest absolute Gasteiger partial charge is 0.166 e. The van der Waals surface area contributed by atoms with E-state index < -0.39 is 11.7 Å². The third-order valence-corrected chi connectivity index (χ3v) is 5.07. The van der Waals surface area contributed by atoms with Gasteiger partial charge in [-0.3, -0.25) is 0 Å². The highest BCUT2D eigenvalue weighted by Gasteiger charge is 2.29. The Morgan fingerprint density at radius 2 is 1.04 bits per heavy atom. The van der Waals surface area contributed by atoms with Gasteiger partial charge in [0.15, 0.2) is 0 Å². The van der Waals surface area contributed by atoms with Crippen molar-refractivity contribution in [3.8, 4) is 11.1 Å². The van der Waals surface area contributed by atoms with E-state index in [9.17, 15) is 13.2 Å². The van der Waals surface area contributed by atoms with Gasteiger partial charge >= 0.3 is 6.18 Å². The van der Waals surface area contributed by atoms with E-state index in [4.69, 9.17) is 0 Å². The summed E-state index contributed by atoms with van der Waals surface area (Å²) in [6.45, 7) is 2.25. The minimum Gasteiger partial charge on any atom is -0.166 e. The number of alkyl halides is 3. The second-order valence-corrected chi connectivity index (χ2v) is 7.35. The minimum atomic E-state index is -4.28. The molecule has 148 valence electrons. The molecular weight excluding hydrogens is 345 g/mol. The van der Waals surface area contributed by atoms with Gasteiger partial charge < -0.3 is 0 Å². The molecule has 2 rings (SSSR count). The van der Waals surface area contributed by atoms with Crippen molar-refractivity contribution in [3.05, 3.63) is 59.7 Å². The van der Waals surface area contributed by atoms with Crippen LogP contribution in [-0.4, -0.2) is 0 Å². The van der Waals surface area contributed by atoms with Gasteiger partial charge in [-0.25, -0.2) is 0 Å². The quantitative estimate of drug-likeness (QED) is 0.345. The molecule has 0 aliphatic heterocycles. The zero-order valence-corrected chi connectivity index (χ0v) is 16.3. The SMILES string of the molecule is CCCCCCCCCCCc1ccc(-c2ccc(C(F)(F)F)cc2)cc1. The van der Waals surface area contributed by atoms with Gasteiger partial charge in [-0.1, -0.05) is 94.7 Å². The summed E-state index contributed by atoms with van der Waals surface area (Å²) in [5, 5.41) is 0. The second kappa shape index (κ2) is 11.2. The van der Waals surface area contributed by atoms with Gasteiger partial charge in [0, 0.05) is 0 Å². The van der Waals surface area contributed by atoms with Gasteiger partial charge in [0.25, 0.3) is 0 Å². The van der Waals surface area contributed by atoms with Crippen molar-refractivity contribution in [1.29, 1.82) is 0 Å². The highest BCUT2D eigenvalue weighted by Crippen LogP contribution is 2.31. The van der Waals surface area contributed by atoms with Crippen LogP contribution in [0.4, 0.5) is 13.2 Å². The highest BCUT2D eigenvalue weighted by molar-refractivity contribution is 5.64. The summed E-state index contributed by atoms with van der Waals surface area (Å²) in [4.78, 5) is 0. The van der Waals surface area contributed by atoms with E-state index in [1.54, 1.807) is 12.1 Å². The van der Waals surface area contributed by atoms with Crippen molar-refractivity contribution in [2.45, 2.75) is 77.3 Å². The van der Waals surface area contributed by atoms with Crippen molar-refractivity contribution in [2.24, 2.45) is 0 Å². The van der Waals surface area contributed by atoms with Crippen LogP contribution in [0.1, 0.15) is 75.8 Å². The average molecular weight is 377 g/mol. The minimum absolute atomic E-state index is 0.603. The lowest BCUT2D eigenvalue weighted by Crippen LogP contribution is -2.03. The van der Waals surface area contributed by atoms with Crippen LogP contribution in [0.2, 0.25) is 0 Å². The van der Waals surface area contributed by atoms with Crippen molar-refractivity contribution >= 4 is 0 Å². The molecule has 0 atom stereocenters. The number of aryl methyl sites for hydroxylation is 1. The average Bonchev–Trinajstić information content (AvgIpc) is 2.67. The number of unbranched alkanes of at least 4 members (excludes halogenated alkanes) is 8. The van der Waals surface area contributed by atoms with Crippen molar-refractivity contribution in [3.63, 3.8) is 0 Å². The lowest BCUT2D eigenvalue weighted by atomic mass is 10.00. The molecule has 0 saturated heterocycles. The van der Waals surface area contributed by atoms with E-state index in [1.807, 2.05) is 12.1 Å². The Labute approximate surface area is 161 Å². The Balaban J connectivity index is 1.71. The number of benzene rings is 2. The molecule has 2 aromatic carbocycles. The first kappa shape index (κ1) is 21.5. The predicted octanol–water partition coefficient (Wildman–Crippen LogP) is 8.45. The fourth-order valence-corrected chi connectivity index (χ4v) is 3.36. The fourth-order valence-electron chi connectivity index (χ4n) is 3.36. The first-order chi connectivity index (χ1) is 13.0. The Kier molecular flexibility index (Phi) is 8.90. The molecule has 2 aromatic rings. The predicted molar refractivity (Wildman–Crippen MR) is 108 cm³/mol. The van der Waals surface area contributed by atoms with Gasteiger partial charge in [0.05, 0.1) is 5.56 Å². The first-order valence-electron chi connectivity index (χ1n) is 10.3. The highest BCUT2D eigenvalue weighted by atomic mass is 19.4. The largest absolute Gasteiger partial charge is 0.416 e. The number of hydrogen-bond acceptors (Lipinski definition) is 0. The Morgan fingerprint density at radius 3 is 1.52 bits per heavy atom. The van der Waals surface area contributed by atoms with E-state index >= 15 is 0 Å². The third-order valence-electron chi connectivity index (χ3n) is 5.07. The lowest BCUT2D eigenvalue weighted by Gasteiger charge is -2.08. The molecule has 0 aliphatic carbocycles. The lowest BCUT2D eigenvalue weighted by molar-refractivity contribution is -0.137. The standard InChI is InChI=1S/C24H31F3/c1-2-3-4-5-6-7-8-9-10-11-20-12-14-21(15-13-20)22-16-18-23(19-17-22)24(25,26)27/h12-19H,2-11H2,1H3. The van der Waals surface area contributed by atoms with E-state index in [1.165, 1.54) is 63.4 Å². The maximum Gasteiger partial charge on any atom is 0.416 e. The maximum absolute atomic E-state index is 12.6. The normalized spacial score (nSPS) is 11.7. The molecule has 0 nitrogen and oxygen atoms in total. The molecule has 0 aromatic heterocycles. The molecule has 0 unspecified atom stereocenters.